The summed E-state index contributed by atoms with van der Waals surface area (Å²) in [5.74, 6) is -1.13. The number of aromatic nitrogens is 2. The number of fused-ring (bicyclic) bond motifs is 1. The topological polar surface area (TPSA) is 105 Å². The van der Waals surface area contributed by atoms with E-state index in [2.05, 4.69) is 15.3 Å². The van der Waals surface area contributed by atoms with Gasteiger partial charge in [0.25, 0.3) is 5.91 Å². The maximum Gasteiger partial charge on any atom is 0.255 e. The second-order valence-corrected chi connectivity index (χ2v) is 8.70. The third-order valence-electron chi connectivity index (χ3n) is 5.81. The third kappa shape index (κ3) is 4.93. The lowest BCUT2D eigenvalue weighted by Crippen LogP contribution is -2.49. The maximum absolute atomic E-state index is 14.3. The first kappa shape index (κ1) is 24.8. The van der Waals surface area contributed by atoms with Crippen LogP contribution in [0.2, 0.25) is 10.3 Å². The van der Waals surface area contributed by atoms with E-state index < -0.39 is 36.3 Å². The summed E-state index contributed by atoms with van der Waals surface area (Å²) in [5, 5.41) is 12.9. The number of ether oxygens (including phenoxy) is 1. The van der Waals surface area contributed by atoms with Gasteiger partial charge in [-0.15, -0.1) is 0 Å². The Morgan fingerprint density at radius 1 is 1.29 bits per heavy atom. The van der Waals surface area contributed by atoms with Gasteiger partial charge in [0.05, 0.1) is 36.7 Å². The van der Waals surface area contributed by atoms with Crippen molar-refractivity contribution in [3.05, 3.63) is 75.4 Å². The molecule has 1 aliphatic rings. The van der Waals surface area contributed by atoms with Crippen molar-refractivity contribution in [1.29, 1.82) is 0 Å². The zero-order chi connectivity index (χ0) is 25.3. The van der Waals surface area contributed by atoms with E-state index in [1.54, 1.807) is 25.1 Å². The van der Waals surface area contributed by atoms with E-state index in [1.807, 2.05) is 0 Å². The van der Waals surface area contributed by atoms with Crippen LogP contribution in [0.15, 0.2) is 42.6 Å². The van der Waals surface area contributed by atoms with Crippen LogP contribution in [0.1, 0.15) is 34.5 Å². The SMILES string of the molecule is COc1ccc(F)c([C@@H](C)NC(=O)[C@@H](CO)N2Cc3ccc(-c4nc(Cl)ncc4Cl)cc3C2=O)c1. The van der Waals surface area contributed by atoms with Crippen LogP contribution in [0.25, 0.3) is 11.3 Å². The van der Waals surface area contributed by atoms with Crippen LogP contribution in [0.4, 0.5) is 4.39 Å². The standard InChI is InChI=1S/C24H21Cl2FN4O4/c1-12(16-8-15(35-2)5-6-19(16)27)29-22(33)20(11-32)31-10-14-4-3-13(7-17(14)23(31)34)21-18(25)9-28-24(26)30-21/h3-9,12,20,32H,10-11H2,1-2H3,(H,29,33)/t12-,20-/m1/s1. The van der Waals surface area contributed by atoms with E-state index in [0.717, 1.165) is 0 Å². The molecule has 8 nitrogen and oxygen atoms in total. The molecule has 0 radical (unpaired) electrons. The van der Waals surface area contributed by atoms with E-state index >= 15 is 0 Å². The molecule has 11 heteroatoms. The largest absolute Gasteiger partial charge is 0.497 e. The normalized spacial score (nSPS) is 14.5. The highest BCUT2D eigenvalue weighted by Crippen LogP contribution is 2.32. The lowest BCUT2D eigenvalue weighted by Gasteiger charge is -2.27. The number of aliphatic hydroxyl groups is 1. The summed E-state index contributed by atoms with van der Waals surface area (Å²) in [4.78, 5) is 35.4. The molecule has 2 amide bonds. The number of benzene rings is 2. The van der Waals surface area contributed by atoms with Crippen molar-refractivity contribution in [1.82, 2.24) is 20.2 Å². The molecule has 1 aliphatic heterocycles. The molecule has 2 N–H and O–H groups in total. The minimum Gasteiger partial charge on any atom is -0.497 e. The highest BCUT2D eigenvalue weighted by atomic mass is 35.5. The first-order valence-corrected chi connectivity index (χ1v) is 11.4. The fraction of sp³-hybridized carbons (Fsp3) is 0.250. The Morgan fingerprint density at radius 3 is 2.77 bits per heavy atom. The summed E-state index contributed by atoms with van der Waals surface area (Å²) in [6, 6.07) is 7.38. The number of amides is 2. The van der Waals surface area contributed by atoms with Crippen molar-refractivity contribution < 1.29 is 23.8 Å². The van der Waals surface area contributed by atoms with E-state index in [-0.39, 0.29) is 22.4 Å². The van der Waals surface area contributed by atoms with Gasteiger partial charge < -0.3 is 20.1 Å². The number of hydrogen-bond donors (Lipinski definition) is 2. The summed E-state index contributed by atoms with van der Waals surface area (Å²) in [6.45, 7) is 1.11. The quantitative estimate of drug-likeness (QED) is 0.461. The van der Waals surface area contributed by atoms with Crippen LogP contribution in [-0.2, 0) is 11.3 Å². The van der Waals surface area contributed by atoms with Crippen molar-refractivity contribution >= 4 is 35.0 Å². The number of nitrogens with zero attached hydrogens (tertiary/aromatic N) is 3. The summed E-state index contributed by atoms with van der Waals surface area (Å²) < 4.78 is 19.4. The molecule has 1 aromatic heterocycles. The number of carbonyl (C=O) groups excluding carboxylic acids is 2. The van der Waals surface area contributed by atoms with Crippen LogP contribution >= 0.6 is 23.2 Å². The summed E-state index contributed by atoms with van der Waals surface area (Å²) in [6.07, 6.45) is 1.37. The molecule has 4 rings (SSSR count). The molecule has 0 saturated carbocycles. The molecule has 3 aromatic rings. The van der Waals surface area contributed by atoms with E-state index in [1.165, 1.54) is 36.4 Å². The molecule has 35 heavy (non-hydrogen) atoms. The smallest absolute Gasteiger partial charge is 0.255 e. The van der Waals surface area contributed by atoms with E-state index in [4.69, 9.17) is 27.9 Å². The molecule has 2 atom stereocenters. The van der Waals surface area contributed by atoms with E-state index in [9.17, 15) is 19.1 Å². The Morgan fingerprint density at radius 2 is 2.06 bits per heavy atom. The van der Waals surface area contributed by atoms with Crippen molar-refractivity contribution in [2.75, 3.05) is 13.7 Å². The second-order valence-electron chi connectivity index (χ2n) is 7.96. The number of methoxy groups -OCH3 is 1. The number of rotatable bonds is 7. The zero-order valence-electron chi connectivity index (χ0n) is 18.8. The molecule has 0 spiro atoms. The second kappa shape index (κ2) is 10.2. The molecular weight excluding hydrogens is 498 g/mol. The van der Waals surface area contributed by atoms with Crippen molar-refractivity contribution in [3.63, 3.8) is 0 Å². The van der Waals surface area contributed by atoms with Crippen molar-refractivity contribution in [2.24, 2.45) is 0 Å². The van der Waals surface area contributed by atoms with Crippen LogP contribution < -0.4 is 10.1 Å². The van der Waals surface area contributed by atoms with Gasteiger partial charge in [-0.2, -0.15) is 0 Å². The average Bonchev–Trinajstić information content (AvgIpc) is 3.16. The van der Waals surface area contributed by atoms with Gasteiger partial charge >= 0.3 is 0 Å². The molecule has 182 valence electrons. The first-order valence-electron chi connectivity index (χ1n) is 10.6. The Labute approximate surface area is 210 Å². The van der Waals surface area contributed by atoms with Gasteiger partial charge in [-0.05, 0) is 48.4 Å². The molecule has 0 unspecified atom stereocenters. The van der Waals surface area contributed by atoms with Gasteiger partial charge in [0.1, 0.15) is 17.6 Å². The summed E-state index contributed by atoms with van der Waals surface area (Å²) >= 11 is 12.1. The van der Waals surface area contributed by atoms with Crippen molar-refractivity contribution in [2.45, 2.75) is 25.6 Å². The summed E-state index contributed by atoms with van der Waals surface area (Å²) in [7, 11) is 1.46. The van der Waals surface area contributed by atoms with Crippen LogP contribution in [-0.4, -0.2) is 51.5 Å². The van der Waals surface area contributed by atoms with Crippen LogP contribution in [0.5, 0.6) is 5.75 Å². The minimum absolute atomic E-state index is 0.0106. The molecule has 2 heterocycles. The van der Waals surface area contributed by atoms with Crippen LogP contribution in [0, 0.1) is 5.82 Å². The molecule has 0 bridgehead atoms. The number of hydrogen-bond acceptors (Lipinski definition) is 6. The zero-order valence-corrected chi connectivity index (χ0v) is 20.3. The van der Waals surface area contributed by atoms with Gasteiger partial charge in [-0.1, -0.05) is 23.7 Å². The Hall–Kier alpha value is -3.27. The minimum atomic E-state index is -1.17. The monoisotopic (exact) mass is 518 g/mol. The fourth-order valence-electron chi connectivity index (χ4n) is 3.96. The Balaban J connectivity index is 1.55. The van der Waals surface area contributed by atoms with Gasteiger partial charge in [0.2, 0.25) is 11.2 Å². The number of nitrogens with one attached hydrogen (secondary N) is 1. The Bertz CT molecular complexity index is 1310. The average molecular weight is 519 g/mol. The molecule has 0 aliphatic carbocycles. The third-order valence-corrected chi connectivity index (χ3v) is 6.27. The van der Waals surface area contributed by atoms with Gasteiger partial charge in [-0.3, -0.25) is 9.59 Å². The number of aliphatic hydroxyl groups excluding tert-OH is 1. The lowest BCUT2D eigenvalue weighted by molar-refractivity contribution is -0.127. The van der Waals surface area contributed by atoms with Gasteiger partial charge in [0.15, 0.2) is 0 Å². The lowest BCUT2D eigenvalue weighted by atomic mass is 10.0. The van der Waals surface area contributed by atoms with Crippen LogP contribution in [0.3, 0.4) is 0 Å². The first-order chi connectivity index (χ1) is 16.7. The highest BCUT2D eigenvalue weighted by molar-refractivity contribution is 6.33. The molecule has 0 saturated heterocycles. The van der Waals surface area contributed by atoms with Gasteiger partial charge in [0, 0.05) is 23.2 Å². The predicted molar refractivity (Wildman–Crippen MR) is 128 cm³/mol. The Kier molecular flexibility index (Phi) is 7.20. The van der Waals surface area contributed by atoms with Gasteiger partial charge in [-0.25, -0.2) is 14.4 Å². The highest BCUT2D eigenvalue weighted by Gasteiger charge is 2.37. The molecule has 0 fully saturated rings. The maximum atomic E-state index is 14.3. The molecular formula is C24H21Cl2FN4O4. The summed E-state index contributed by atoms with van der Waals surface area (Å²) in [5.41, 5.74) is 2.17. The number of carbonyl (C=O) groups is 2. The number of halogens is 3. The van der Waals surface area contributed by atoms with Crippen molar-refractivity contribution in [3.8, 4) is 17.0 Å². The predicted octanol–water partition coefficient (Wildman–Crippen LogP) is 3.79. The molecule has 2 aromatic carbocycles. The van der Waals surface area contributed by atoms with E-state index in [0.29, 0.717) is 28.1 Å². The fourth-order valence-corrected chi connectivity index (χ4v) is 4.29.